The number of fused-ring (bicyclic) bond motifs is 1. The van der Waals surface area contributed by atoms with E-state index in [4.69, 9.17) is 18.9 Å². The van der Waals surface area contributed by atoms with E-state index >= 15 is 0 Å². The van der Waals surface area contributed by atoms with Crippen LogP contribution in [0.1, 0.15) is 26.3 Å². The van der Waals surface area contributed by atoms with Gasteiger partial charge in [-0.25, -0.2) is 0 Å². The van der Waals surface area contributed by atoms with Gasteiger partial charge in [0.15, 0.2) is 24.5 Å². The van der Waals surface area contributed by atoms with E-state index in [1.165, 1.54) is 32.9 Å². The number of carbonyl (C=O) groups is 3. The van der Waals surface area contributed by atoms with Gasteiger partial charge in [0.25, 0.3) is 5.69 Å². The summed E-state index contributed by atoms with van der Waals surface area (Å²) in [5.41, 5.74) is 1.35. The van der Waals surface area contributed by atoms with Crippen molar-refractivity contribution < 1.29 is 38.3 Å². The van der Waals surface area contributed by atoms with Crippen LogP contribution in [0.5, 0.6) is 0 Å². The van der Waals surface area contributed by atoms with Crippen LogP contribution in [-0.2, 0) is 39.8 Å². The highest BCUT2D eigenvalue weighted by atomic mass is 16.6. The molecule has 1 aromatic carbocycles. The van der Waals surface area contributed by atoms with Gasteiger partial charge in [0.1, 0.15) is 0 Å². The summed E-state index contributed by atoms with van der Waals surface area (Å²) in [6.07, 6.45) is -3.48. The van der Waals surface area contributed by atoms with Gasteiger partial charge in [0.05, 0.1) is 11.5 Å². The van der Waals surface area contributed by atoms with Crippen LogP contribution in [0.25, 0.3) is 0 Å². The number of nitro benzene ring substituents is 1. The molecule has 0 unspecified atom stereocenters. The molecule has 2 heterocycles. The lowest BCUT2D eigenvalue weighted by atomic mass is 10.0. The van der Waals surface area contributed by atoms with E-state index in [1.807, 2.05) is 0 Å². The smallest absolute Gasteiger partial charge is 0.303 e. The minimum atomic E-state index is -1.12. The van der Waals surface area contributed by atoms with Crippen molar-refractivity contribution in [3.05, 3.63) is 33.9 Å². The molecule has 162 valence electrons. The topological polar surface area (TPSA) is 135 Å². The number of hydrogen-bond acceptors (Lipinski definition) is 10. The van der Waals surface area contributed by atoms with Crippen molar-refractivity contribution in [3.8, 4) is 0 Å². The van der Waals surface area contributed by atoms with Gasteiger partial charge in [0.2, 0.25) is 0 Å². The quantitative estimate of drug-likeness (QED) is 0.294. The van der Waals surface area contributed by atoms with E-state index in [1.54, 1.807) is 11.0 Å². The van der Waals surface area contributed by atoms with Gasteiger partial charge in [0, 0.05) is 45.1 Å². The molecular formula is C19H22N2O9. The molecular weight excluding hydrogens is 400 g/mol. The summed E-state index contributed by atoms with van der Waals surface area (Å²) < 4.78 is 21.9. The molecule has 3 rings (SSSR count). The molecule has 1 aromatic rings. The second-order valence-electron chi connectivity index (χ2n) is 7.03. The summed E-state index contributed by atoms with van der Waals surface area (Å²) in [6.45, 7) is 3.92. The number of rotatable bonds is 5. The van der Waals surface area contributed by atoms with Crippen LogP contribution in [0.15, 0.2) is 18.2 Å². The summed E-state index contributed by atoms with van der Waals surface area (Å²) in [6, 6.07) is 4.52. The zero-order chi connectivity index (χ0) is 22.0. The van der Waals surface area contributed by atoms with Crippen molar-refractivity contribution in [3.63, 3.8) is 0 Å². The lowest BCUT2D eigenvalue weighted by molar-refractivity contribution is -0.384. The third-order valence-electron chi connectivity index (χ3n) is 4.84. The zero-order valence-electron chi connectivity index (χ0n) is 16.7. The maximum absolute atomic E-state index is 11.8. The van der Waals surface area contributed by atoms with Crippen molar-refractivity contribution in [2.75, 3.05) is 18.1 Å². The van der Waals surface area contributed by atoms with Gasteiger partial charge in [-0.2, -0.15) is 0 Å². The molecule has 0 aromatic heterocycles. The number of anilines is 1. The highest BCUT2D eigenvalue weighted by Gasteiger charge is 2.50. The summed E-state index contributed by atoms with van der Waals surface area (Å²) >= 11 is 0. The van der Waals surface area contributed by atoms with Gasteiger partial charge < -0.3 is 23.8 Å². The fraction of sp³-hybridized carbons (Fsp3) is 0.526. The Kier molecular flexibility index (Phi) is 6.20. The molecule has 2 aliphatic heterocycles. The fourth-order valence-corrected chi connectivity index (χ4v) is 3.76. The Morgan fingerprint density at radius 1 is 1.07 bits per heavy atom. The van der Waals surface area contributed by atoms with Crippen molar-refractivity contribution in [1.82, 2.24) is 0 Å². The summed E-state index contributed by atoms with van der Waals surface area (Å²) in [5.74, 6) is -1.90. The molecule has 4 atom stereocenters. The standard InChI is InChI=1S/C19H22N2O9/c1-10(22)28-16-9-27-19(18(30-12(3)24)17(16)29-11(2)23)20-7-6-13-4-5-14(21(25)26)8-15(13)20/h4-5,8,16-19H,6-7,9H2,1-3H3/t16-,17-,18-,19+/m1/s1. The monoisotopic (exact) mass is 422 g/mol. The molecule has 1 fully saturated rings. The van der Waals surface area contributed by atoms with E-state index in [0.29, 0.717) is 18.7 Å². The molecule has 1 saturated heterocycles. The summed E-state index contributed by atoms with van der Waals surface area (Å²) in [7, 11) is 0. The molecule has 0 bridgehead atoms. The van der Waals surface area contributed by atoms with E-state index < -0.39 is 47.4 Å². The number of nitro groups is 1. The second kappa shape index (κ2) is 8.66. The molecule has 0 aliphatic carbocycles. The van der Waals surface area contributed by atoms with Crippen LogP contribution in [0.3, 0.4) is 0 Å². The third-order valence-corrected chi connectivity index (χ3v) is 4.84. The molecule has 11 nitrogen and oxygen atoms in total. The van der Waals surface area contributed by atoms with Crippen LogP contribution in [-0.4, -0.2) is 60.5 Å². The Morgan fingerprint density at radius 3 is 2.30 bits per heavy atom. The average Bonchev–Trinajstić information content (AvgIpc) is 3.06. The molecule has 11 heteroatoms. The van der Waals surface area contributed by atoms with Gasteiger partial charge in [-0.05, 0) is 12.0 Å². The molecule has 2 aliphatic rings. The number of esters is 3. The first kappa shape index (κ1) is 21.5. The maximum Gasteiger partial charge on any atom is 0.303 e. The molecule has 0 radical (unpaired) electrons. The van der Waals surface area contributed by atoms with Gasteiger partial charge in [-0.15, -0.1) is 0 Å². The SMILES string of the molecule is CC(=O)O[C@@H]1[C@H](OC(C)=O)[C@H](OC(C)=O)CO[C@@H]1N1CCc2ccc([N+](=O)[O-])cc21. The van der Waals surface area contributed by atoms with Crippen LogP contribution in [0.4, 0.5) is 11.4 Å². The second-order valence-corrected chi connectivity index (χ2v) is 7.03. The van der Waals surface area contributed by atoms with Gasteiger partial charge >= 0.3 is 17.9 Å². The fourth-order valence-electron chi connectivity index (χ4n) is 3.76. The normalized spacial score (nSPS) is 25.2. The third kappa shape index (κ3) is 4.51. The Labute approximate surface area is 172 Å². The van der Waals surface area contributed by atoms with Crippen molar-refractivity contribution in [2.24, 2.45) is 0 Å². The predicted octanol–water partition coefficient (Wildman–Crippen LogP) is 1.11. The number of benzene rings is 1. The first-order chi connectivity index (χ1) is 14.2. The van der Waals surface area contributed by atoms with Crippen LogP contribution in [0.2, 0.25) is 0 Å². The first-order valence-corrected chi connectivity index (χ1v) is 9.34. The number of non-ortho nitro benzene ring substituents is 1. The van der Waals surface area contributed by atoms with Crippen molar-refractivity contribution in [1.29, 1.82) is 0 Å². The van der Waals surface area contributed by atoms with Crippen LogP contribution >= 0.6 is 0 Å². The van der Waals surface area contributed by atoms with Crippen molar-refractivity contribution in [2.45, 2.75) is 51.7 Å². The van der Waals surface area contributed by atoms with E-state index in [-0.39, 0.29) is 12.3 Å². The predicted molar refractivity (Wildman–Crippen MR) is 101 cm³/mol. The molecule has 0 saturated carbocycles. The lowest BCUT2D eigenvalue weighted by Crippen LogP contribution is -2.62. The van der Waals surface area contributed by atoms with Crippen LogP contribution in [0, 0.1) is 10.1 Å². The Balaban J connectivity index is 1.97. The van der Waals surface area contributed by atoms with E-state index in [2.05, 4.69) is 0 Å². The Morgan fingerprint density at radius 2 is 1.70 bits per heavy atom. The minimum Gasteiger partial charge on any atom is -0.456 e. The van der Waals surface area contributed by atoms with Gasteiger partial charge in [-0.1, -0.05) is 6.07 Å². The highest BCUT2D eigenvalue weighted by molar-refractivity contribution is 5.69. The molecule has 0 amide bonds. The minimum absolute atomic E-state index is 0.0881. The first-order valence-electron chi connectivity index (χ1n) is 9.34. The number of hydrogen-bond donors (Lipinski definition) is 0. The number of carbonyl (C=O) groups excluding carboxylic acids is 3. The summed E-state index contributed by atoms with van der Waals surface area (Å²) in [5, 5.41) is 11.2. The lowest BCUT2D eigenvalue weighted by Gasteiger charge is -2.44. The number of ether oxygens (including phenoxy) is 4. The van der Waals surface area contributed by atoms with Crippen molar-refractivity contribution >= 4 is 29.3 Å². The van der Waals surface area contributed by atoms with Crippen LogP contribution < -0.4 is 4.90 Å². The van der Waals surface area contributed by atoms with Gasteiger partial charge in [-0.3, -0.25) is 24.5 Å². The molecule has 0 N–H and O–H groups in total. The number of nitrogens with zero attached hydrogens (tertiary/aromatic N) is 2. The van der Waals surface area contributed by atoms with E-state index in [9.17, 15) is 24.5 Å². The highest BCUT2D eigenvalue weighted by Crippen LogP contribution is 2.37. The average molecular weight is 422 g/mol. The Bertz CT molecular complexity index is 872. The zero-order valence-corrected chi connectivity index (χ0v) is 16.7. The maximum atomic E-state index is 11.8. The Hall–Kier alpha value is -3.21. The van der Waals surface area contributed by atoms with E-state index in [0.717, 1.165) is 5.56 Å². The molecule has 0 spiro atoms. The largest absolute Gasteiger partial charge is 0.456 e. The molecule has 30 heavy (non-hydrogen) atoms. The summed E-state index contributed by atoms with van der Waals surface area (Å²) in [4.78, 5) is 47.4.